The molecule has 1 saturated carbocycles. The summed E-state index contributed by atoms with van der Waals surface area (Å²) in [5, 5.41) is 5.98. The van der Waals surface area contributed by atoms with E-state index in [1.165, 1.54) is 14.7 Å². The number of likely N-dealkylation sites (N-methyl/N-ethyl adjacent to an activating group) is 2. The van der Waals surface area contributed by atoms with Gasteiger partial charge in [0.1, 0.15) is 24.6 Å². The van der Waals surface area contributed by atoms with Crippen molar-refractivity contribution in [1.82, 2.24) is 25.3 Å². The number of ether oxygens (including phenoxy) is 1. The van der Waals surface area contributed by atoms with E-state index < -0.39 is 17.9 Å². The molecule has 0 radical (unpaired) electrons. The third kappa shape index (κ3) is 3.14. The van der Waals surface area contributed by atoms with E-state index in [0.717, 1.165) is 37.0 Å². The van der Waals surface area contributed by atoms with Crippen LogP contribution in [0.5, 0.6) is 5.75 Å². The molecule has 1 aromatic rings. The SMILES string of the molecule is COc1cccc(C2(NC(=O)CN3C(=O)N[C@@H]4[C@H]3N(C)C(=O)N4C)CCCC2)c1. The first-order valence-corrected chi connectivity index (χ1v) is 9.88. The second-order valence-electron chi connectivity index (χ2n) is 8.01. The van der Waals surface area contributed by atoms with Gasteiger partial charge in [-0.25, -0.2) is 9.59 Å². The van der Waals surface area contributed by atoms with Gasteiger partial charge in [0.15, 0.2) is 0 Å². The maximum Gasteiger partial charge on any atom is 0.323 e. The summed E-state index contributed by atoms with van der Waals surface area (Å²) in [5.74, 6) is 0.514. The number of fused-ring (bicyclic) bond motifs is 1. The molecule has 0 bridgehead atoms. The highest BCUT2D eigenvalue weighted by Crippen LogP contribution is 2.40. The Labute approximate surface area is 170 Å². The summed E-state index contributed by atoms with van der Waals surface area (Å²) in [6.45, 7) is -0.107. The number of carbonyl (C=O) groups is 3. The highest BCUT2D eigenvalue weighted by atomic mass is 16.5. The van der Waals surface area contributed by atoms with E-state index in [4.69, 9.17) is 4.74 Å². The van der Waals surface area contributed by atoms with Crippen molar-refractivity contribution in [2.45, 2.75) is 43.6 Å². The fourth-order valence-electron chi connectivity index (χ4n) is 4.78. The van der Waals surface area contributed by atoms with Crippen molar-refractivity contribution in [2.24, 2.45) is 0 Å². The third-order valence-corrected chi connectivity index (χ3v) is 6.32. The minimum absolute atomic E-state index is 0.107. The van der Waals surface area contributed by atoms with E-state index >= 15 is 0 Å². The van der Waals surface area contributed by atoms with Crippen molar-refractivity contribution in [3.8, 4) is 5.75 Å². The van der Waals surface area contributed by atoms with Crippen molar-refractivity contribution in [2.75, 3.05) is 27.7 Å². The van der Waals surface area contributed by atoms with Gasteiger partial charge in [0.25, 0.3) is 0 Å². The summed E-state index contributed by atoms with van der Waals surface area (Å²) in [5.41, 5.74) is 0.550. The quantitative estimate of drug-likeness (QED) is 0.777. The topological polar surface area (TPSA) is 94.2 Å². The predicted molar refractivity (Wildman–Crippen MR) is 105 cm³/mol. The van der Waals surface area contributed by atoms with Crippen LogP contribution in [0, 0.1) is 0 Å². The summed E-state index contributed by atoms with van der Waals surface area (Å²) in [4.78, 5) is 42.0. The Morgan fingerprint density at radius 1 is 1.24 bits per heavy atom. The molecule has 2 atom stereocenters. The van der Waals surface area contributed by atoms with Crippen molar-refractivity contribution in [3.63, 3.8) is 0 Å². The van der Waals surface area contributed by atoms with Gasteiger partial charge < -0.3 is 25.2 Å². The van der Waals surface area contributed by atoms with Crippen LogP contribution in [0.2, 0.25) is 0 Å². The molecule has 29 heavy (non-hydrogen) atoms. The van der Waals surface area contributed by atoms with Crippen molar-refractivity contribution in [3.05, 3.63) is 29.8 Å². The molecular weight excluding hydrogens is 374 g/mol. The van der Waals surface area contributed by atoms with Crippen LogP contribution in [0.25, 0.3) is 0 Å². The van der Waals surface area contributed by atoms with Gasteiger partial charge in [-0.15, -0.1) is 0 Å². The van der Waals surface area contributed by atoms with Crippen LogP contribution < -0.4 is 15.4 Å². The number of hydrogen-bond donors (Lipinski definition) is 2. The zero-order valence-corrected chi connectivity index (χ0v) is 17.0. The van der Waals surface area contributed by atoms with Gasteiger partial charge in [0.2, 0.25) is 5.91 Å². The van der Waals surface area contributed by atoms with E-state index in [-0.39, 0.29) is 24.5 Å². The Bertz CT molecular complexity index is 838. The number of nitrogens with one attached hydrogen (secondary N) is 2. The lowest BCUT2D eigenvalue weighted by atomic mass is 9.88. The van der Waals surface area contributed by atoms with Crippen LogP contribution in [-0.2, 0) is 10.3 Å². The number of carbonyl (C=O) groups excluding carboxylic acids is 3. The molecule has 9 nitrogen and oxygen atoms in total. The van der Waals surface area contributed by atoms with Crippen LogP contribution in [0.4, 0.5) is 9.59 Å². The van der Waals surface area contributed by atoms with E-state index in [1.54, 1.807) is 21.2 Å². The van der Waals surface area contributed by atoms with E-state index in [9.17, 15) is 14.4 Å². The first-order valence-electron chi connectivity index (χ1n) is 9.88. The molecule has 1 aromatic carbocycles. The first kappa shape index (κ1) is 19.4. The molecular formula is C20H27N5O4. The molecule has 0 unspecified atom stereocenters. The second-order valence-corrected chi connectivity index (χ2v) is 8.01. The fourth-order valence-corrected chi connectivity index (χ4v) is 4.78. The van der Waals surface area contributed by atoms with Gasteiger partial charge in [-0.05, 0) is 30.5 Å². The molecule has 3 fully saturated rings. The number of methoxy groups -OCH3 is 1. The molecule has 9 heteroatoms. The Balaban J connectivity index is 1.52. The largest absolute Gasteiger partial charge is 0.497 e. The highest BCUT2D eigenvalue weighted by Gasteiger charge is 2.53. The molecule has 2 aliphatic heterocycles. The summed E-state index contributed by atoms with van der Waals surface area (Å²) in [7, 11) is 4.91. The standard InChI is InChI=1S/C20H27N5O4/c1-23-16-17(24(2)19(23)28)25(18(27)21-16)12-15(26)22-20(9-4-5-10-20)13-7-6-8-14(11-13)29-3/h6-8,11,16-17H,4-5,9-10,12H2,1-3H3,(H,21,27)(H,22,26)/t16-,17-/m0/s1. The lowest BCUT2D eigenvalue weighted by Crippen LogP contribution is -2.52. The average Bonchev–Trinajstić information content (AvgIpc) is 3.37. The Morgan fingerprint density at radius 3 is 2.66 bits per heavy atom. The van der Waals surface area contributed by atoms with Gasteiger partial charge in [0.05, 0.1) is 12.6 Å². The number of urea groups is 2. The summed E-state index contributed by atoms with van der Waals surface area (Å²) in [6, 6.07) is 7.24. The van der Waals surface area contributed by atoms with Gasteiger partial charge in [-0.1, -0.05) is 25.0 Å². The third-order valence-electron chi connectivity index (χ3n) is 6.32. The monoisotopic (exact) mass is 401 g/mol. The molecule has 0 spiro atoms. The van der Waals surface area contributed by atoms with Crippen molar-refractivity contribution in [1.29, 1.82) is 0 Å². The van der Waals surface area contributed by atoms with Gasteiger partial charge in [0, 0.05) is 14.1 Å². The molecule has 1 aliphatic carbocycles. The lowest BCUT2D eigenvalue weighted by Gasteiger charge is -2.33. The summed E-state index contributed by atoms with van der Waals surface area (Å²) < 4.78 is 5.35. The van der Waals surface area contributed by atoms with Crippen LogP contribution >= 0.6 is 0 Å². The number of rotatable bonds is 5. The molecule has 5 amide bonds. The summed E-state index contributed by atoms with van der Waals surface area (Å²) in [6.07, 6.45) is 2.77. The van der Waals surface area contributed by atoms with Crippen LogP contribution in [0.1, 0.15) is 31.2 Å². The normalized spacial score (nSPS) is 25.3. The van der Waals surface area contributed by atoms with Crippen molar-refractivity contribution >= 4 is 18.0 Å². The molecule has 3 aliphatic rings. The second kappa shape index (κ2) is 7.13. The number of benzene rings is 1. The Morgan fingerprint density at radius 2 is 1.97 bits per heavy atom. The zero-order valence-electron chi connectivity index (χ0n) is 17.0. The number of amides is 5. The molecule has 2 saturated heterocycles. The number of hydrogen-bond acceptors (Lipinski definition) is 4. The van der Waals surface area contributed by atoms with E-state index in [2.05, 4.69) is 10.6 Å². The first-order chi connectivity index (χ1) is 13.9. The Hall–Kier alpha value is -2.97. The lowest BCUT2D eigenvalue weighted by molar-refractivity contribution is -0.124. The minimum Gasteiger partial charge on any atom is -0.497 e. The average molecular weight is 401 g/mol. The van der Waals surface area contributed by atoms with Crippen molar-refractivity contribution < 1.29 is 19.1 Å². The van der Waals surface area contributed by atoms with Gasteiger partial charge in [-0.3, -0.25) is 9.69 Å². The maximum atomic E-state index is 13.0. The smallest absolute Gasteiger partial charge is 0.323 e. The van der Waals surface area contributed by atoms with Crippen LogP contribution in [0.15, 0.2) is 24.3 Å². The van der Waals surface area contributed by atoms with E-state index in [0.29, 0.717) is 0 Å². The van der Waals surface area contributed by atoms with Gasteiger partial charge in [-0.2, -0.15) is 0 Å². The molecule has 2 N–H and O–H groups in total. The fraction of sp³-hybridized carbons (Fsp3) is 0.550. The van der Waals surface area contributed by atoms with E-state index in [1.807, 2.05) is 24.3 Å². The molecule has 4 rings (SSSR count). The number of nitrogens with zero attached hydrogens (tertiary/aromatic N) is 3. The maximum absolute atomic E-state index is 13.0. The van der Waals surface area contributed by atoms with Gasteiger partial charge >= 0.3 is 12.1 Å². The molecule has 0 aromatic heterocycles. The predicted octanol–water partition coefficient (Wildman–Crippen LogP) is 1.26. The van der Waals surface area contributed by atoms with Crippen LogP contribution in [-0.4, -0.2) is 72.8 Å². The molecule has 156 valence electrons. The molecule has 2 heterocycles. The Kier molecular flexibility index (Phi) is 4.76. The summed E-state index contributed by atoms with van der Waals surface area (Å²) >= 11 is 0. The highest BCUT2D eigenvalue weighted by molar-refractivity contribution is 5.89. The minimum atomic E-state index is -0.498. The van der Waals surface area contributed by atoms with Crippen LogP contribution in [0.3, 0.4) is 0 Å². The zero-order chi connectivity index (χ0) is 20.8.